The van der Waals surface area contributed by atoms with Crippen LogP contribution in [0.25, 0.3) is 6.08 Å². The van der Waals surface area contributed by atoms with Crippen LogP contribution in [0.5, 0.6) is 5.75 Å². The van der Waals surface area contributed by atoms with Gasteiger partial charge in [0.15, 0.2) is 6.61 Å². The zero-order valence-corrected chi connectivity index (χ0v) is 16.1. The number of carboxylic acid groups (broad SMARTS) is 1. The molecule has 2 N–H and O–H groups in total. The van der Waals surface area contributed by atoms with Crippen LogP contribution in [0.4, 0.5) is 14.9 Å². The number of carbonyl (C=O) groups is 4. The quantitative estimate of drug-likeness (QED) is 0.521. The highest BCUT2D eigenvalue weighted by Crippen LogP contribution is 2.28. The van der Waals surface area contributed by atoms with Crippen molar-refractivity contribution < 1.29 is 33.4 Å². The molecule has 2 aromatic carbocycles. The number of benzene rings is 2. The second-order valence-electron chi connectivity index (χ2n) is 5.81. The Labute approximate surface area is 171 Å². The zero-order valence-electron chi connectivity index (χ0n) is 14.5. The fourth-order valence-corrected chi connectivity index (χ4v) is 3.02. The predicted octanol–water partition coefficient (Wildman–Crippen LogP) is 2.72. The Morgan fingerprint density at radius 2 is 1.86 bits per heavy atom. The van der Waals surface area contributed by atoms with Crippen molar-refractivity contribution in [1.82, 2.24) is 5.32 Å². The summed E-state index contributed by atoms with van der Waals surface area (Å²) in [5.74, 6) is -3.16. The maximum absolute atomic E-state index is 13.1. The largest absolute Gasteiger partial charge is 0.481 e. The summed E-state index contributed by atoms with van der Waals surface area (Å²) in [7, 11) is 0. The van der Waals surface area contributed by atoms with Crippen molar-refractivity contribution in [3.05, 3.63) is 63.9 Å². The van der Waals surface area contributed by atoms with Gasteiger partial charge in [-0.3, -0.25) is 14.9 Å². The number of barbiturate groups is 1. The highest BCUT2D eigenvalue weighted by molar-refractivity contribution is 9.10. The summed E-state index contributed by atoms with van der Waals surface area (Å²) in [6.45, 7) is -0.533. The number of rotatable bonds is 5. The Hall–Kier alpha value is -3.53. The normalized spacial score (nSPS) is 15.4. The van der Waals surface area contributed by atoms with E-state index in [4.69, 9.17) is 9.84 Å². The maximum Gasteiger partial charge on any atom is 0.341 e. The zero-order chi connectivity index (χ0) is 21.1. The molecule has 29 heavy (non-hydrogen) atoms. The van der Waals surface area contributed by atoms with Gasteiger partial charge in [-0.1, -0.05) is 6.07 Å². The molecule has 10 heteroatoms. The van der Waals surface area contributed by atoms with E-state index in [1.807, 2.05) is 0 Å². The average Bonchev–Trinajstić information content (AvgIpc) is 2.65. The number of urea groups is 1. The molecule has 2 aromatic rings. The van der Waals surface area contributed by atoms with Crippen LogP contribution >= 0.6 is 15.9 Å². The number of anilines is 1. The lowest BCUT2D eigenvalue weighted by atomic mass is 10.1. The Morgan fingerprint density at radius 3 is 2.48 bits per heavy atom. The molecular weight excluding hydrogens is 451 g/mol. The van der Waals surface area contributed by atoms with Crippen LogP contribution in [0.15, 0.2) is 52.5 Å². The van der Waals surface area contributed by atoms with Crippen LogP contribution in [0.1, 0.15) is 5.56 Å². The lowest BCUT2D eigenvalue weighted by Gasteiger charge is -2.26. The summed E-state index contributed by atoms with van der Waals surface area (Å²) < 4.78 is 18.6. The minimum atomic E-state index is -1.14. The van der Waals surface area contributed by atoms with E-state index in [-0.39, 0.29) is 17.0 Å². The molecule has 0 atom stereocenters. The molecule has 0 saturated carbocycles. The molecule has 0 radical (unpaired) electrons. The van der Waals surface area contributed by atoms with E-state index in [0.717, 1.165) is 17.0 Å². The summed E-state index contributed by atoms with van der Waals surface area (Å²) in [5, 5.41) is 10.7. The van der Waals surface area contributed by atoms with Gasteiger partial charge < -0.3 is 9.84 Å². The van der Waals surface area contributed by atoms with E-state index in [1.54, 1.807) is 0 Å². The van der Waals surface area contributed by atoms with Gasteiger partial charge in [-0.2, -0.15) is 0 Å². The van der Waals surface area contributed by atoms with Gasteiger partial charge in [0.25, 0.3) is 11.8 Å². The van der Waals surface area contributed by atoms with Gasteiger partial charge in [-0.25, -0.2) is 18.9 Å². The van der Waals surface area contributed by atoms with Gasteiger partial charge in [-0.05, 0) is 64.0 Å². The topological polar surface area (TPSA) is 113 Å². The monoisotopic (exact) mass is 462 g/mol. The van der Waals surface area contributed by atoms with Crippen molar-refractivity contribution >= 4 is 51.5 Å². The molecule has 0 unspecified atom stereocenters. The van der Waals surface area contributed by atoms with Gasteiger partial charge >= 0.3 is 12.0 Å². The number of nitrogens with one attached hydrogen (secondary N) is 1. The van der Waals surface area contributed by atoms with Crippen molar-refractivity contribution in [2.75, 3.05) is 11.5 Å². The van der Waals surface area contributed by atoms with Crippen LogP contribution in [0.3, 0.4) is 0 Å². The lowest BCUT2D eigenvalue weighted by molar-refractivity contribution is -0.139. The first-order valence-corrected chi connectivity index (χ1v) is 8.86. The molecule has 3 rings (SSSR count). The molecule has 1 aliphatic rings. The summed E-state index contributed by atoms with van der Waals surface area (Å²) in [6, 6.07) is 8.20. The summed E-state index contributed by atoms with van der Waals surface area (Å²) >= 11 is 3.22. The third-order valence-corrected chi connectivity index (χ3v) is 4.42. The van der Waals surface area contributed by atoms with Crippen molar-refractivity contribution in [3.8, 4) is 5.75 Å². The first kappa shape index (κ1) is 20.2. The van der Waals surface area contributed by atoms with Gasteiger partial charge in [-0.15, -0.1) is 0 Å². The molecule has 0 spiro atoms. The lowest BCUT2D eigenvalue weighted by Crippen LogP contribution is -2.54. The highest BCUT2D eigenvalue weighted by atomic mass is 79.9. The third-order valence-electron chi connectivity index (χ3n) is 3.80. The summed E-state index contributed by atoms with van der Waals surface area (Å²) in [6.07, 6.45) is 1.27. The SMILES string of the molecule is O=C(O)COc1ccc(/C=C2/C(=O)NC(=O)N(c3ccc(F)cc3)C2=O)cc1Br. The Balaban J connectivity index is 1.91. The van der Waals surface area contributed by atoms with Gasteiger partial charge in [0.2, 0.25) is 0 Å². The fraction of sp³-hybridized carbons (Fsp3) is 0.0526. The van der Waals surface area contributed by atoms with Crippen LogP contribution in [-0.4, -0.2) is 35.5 Å². The maximum atomic E-state index is 13.1. The molecule has 1 fully saturated rings. The van der Waals surface area contributed by atoms with E-state index >= 15 is 0 Å². The minimum absolute atomic E-state index is 0.103. The number of hydrogen-bond acceptors (Lipinski definition) is 5. The van der Waals surface area contributed by atoms with Gasteiger partial charge in [0.05, 0.1) is 10.2 Å². The number of aliphatic carboxylic acids is 1. The molecule has 4 amide bonds. The van der Waals surface area contributed by atoms with E-state index in [0.29, 0.717) is 10.0 Å². The molecule has 1 aliphatic heterocycles. The Kier molecular flexibility index (Phi) is 5.74. The summed E-state index contributed by atoms with van der Waals surface area (Å²) in [5.41, 5.74) is 0.220. The molecule has 8 nitrogen and oxygen atoms in total. The van der Waals surface area contributed by atoms with Crippen molar-refractivity contribution in [3.63, 3.8) is 0 Å². The summed E-state index contributed by atoms with van der Waals surface area (Å²) in [4.78, 5) is 48.3. The molecule has 1 heterocycles. The van der Waals surface area contributed by atoms with Crippen LogP contribution in [0, 0.1) is 5.82 Å². The second-order valence-corrected chi connectivity index (χ2v) is 6.66. The van der Waals surface area contributed by atoms with Crippen molar-refractivity contribution in [1.29, 1.82) is 0 Å². The number of amides is 4. The molecule has 1 saturated heterocycles. The van der Waals surface area contributed by atoms with E-state index in [1.165, 1.54) is 36.4 Å². The standard InChI is InChI=1S/C19H12BrFN2O6/c20-14-8-10(1-6-15(14)29-9-16(24)25)7-13-17(26)22-19(28)23(18(13)27)12-4-2-11(21)3-5-12/h1-8H,9H2,(H,24,25)(H,22,26,28)/b13-7-. The number of imide groups is 2. The highest BCUT2D eigenvalue weighted by Gasteiger charge is 2.36. The first-order chi connectivity index (χ1) is 13.8. The van der Waals surface area contributed by atoms with Gasteiger partial charge in [0, 0.05) is 0 Å². The number of halogens is 2. The number of nitrogens with zero attached hydrogens (tertiary/aromatic N) is 1. The third kappa shape index (κ3) is 4.49. The van der Waals surface area contributed by atoms with E-state index < -0.39 is 36.2 Å². The fourth-order valence-electron chi connectivity index (χ4n) is 2.51. The predicted molar refractivity (Wildman–Crippen MR) is 103 cm³/mol. The molecule has 148 valence electrons. The Morgan fingerprint density at radius 1 is 1.17 bits per heavy atom. The number of carbonyl (C=O) groups excluding carboxylic acids is 3. The number of hydrogen-bond donors (Lipinski definition) is 2. The van der Waals surface area contributed by atoms with E-state index in [2.05, 4.69) is 21.2 Å². The first-order valence-electron chi connectivity index (χ1n) is 8.07. The van der Waals surface area contributed by atoms with Crippen LogP contribution in [0.2, 0.25) is 0 Å². The number of ether oxygens (including phenoxy) is 1. The number of carboxylic acids is 1. The van der Waals surface area contributed by atoms with Gasteiger partial charge in [0.1, 0.15) is 17.1 Å². The smallest absolute Gasteiger partial charge is 0.341 e. The minimum Gasteiger partial charge on any atom is -0.481 e. The molecule has 0 aliphatic carbocycles. The van der Waals surface area contributed by atoms with Crippen LogP contribution in [-0.2, 0) is 14.4 Å². The second kappa shape index (κ2) is 8.23. The van der Waals surface area contributed by atoms with E-state index in [9.17, 15) is 23.6 Å². The Bertz CT molecular complexity index is 1050. The van der Waals surface area contributed by atoms with Crippen LogP contribution < -0.4 is 15.0 Å². The molecule has 0 aromatic heterocycles. The molecular formula is C19H12BrFN2O6. The molecule has 0 bridgehead atoms. The van der Waals surface area contributed by atoms with Crippen molar-refractivity contribution in [2.24, 2.45) is 0 Å². The average molecular weight is 463 g/mol. The van der Waals surface area contributed by atoms with Crippen molar-refractivity contribution in [2.45, 2.75) is 0 Å².